The third-order valence-electron chi connectivity index (χ3n) is 3.15. The molecule has 0 aromatic carbocycles. The molecule has 90 valence electrons. The number of hydrogen-bond acceptors (Lipinski definition) is 5. The summed E-state index contributed by atoms with van der Waals surface area (Å²) < 4.78 is 5.12. The van der Waals surface area contributed by atoms with Gasteiger partial charge in [0.05, 0.1) is 12.8 Å². The summed E-state index contributed by atoms with van der Waals surface area (Å²) in [6.07, 6.45) is 2.43. The van der Waals surface area contributed by atoms with Crippen molar-refractivity contribution in [3.63, 3.8) is 0 Å². The SMILES string of the molecule is CN1CCN(CCc2oncc2CO)CC1. The zero-order chi connectivity index (χ0) is 11.4. The normalized spacial score (nSPS) is 19.1. The number of piperazine rings is 1. The van der Waals surface area contributed by atoms with Gasteiger partial charge in [-0.15, -0.1) is 0 Å². The summed E-state index contributed by atoms with van der Waals surface area (Å²) in [6, 6.07) is 0. The Kier molecular flexibility index (Phi) is 3.93. The van der Waals surface area contributed by atoms with Gasteiger partial charge in [0.2, 0.25) is 0 Å². The van der Waals surface area contributed by atoms with Gasteiger partial charge in [0.25, 0.3) is 0 Å². The van der Waals surface area contributed by atoms with Crippen LogP contribution in [0.25, 0.3) is 0 Å². The molecule has 0 amide bonds. The van der Waals surface area contributed by atoms with Crippen LogP contribution in [0, 0.1) is 0 Å². The molecule has 2 heterocycles. The van der Waals surface area contributed by atoms with Gasteiger partial charge in [0, 0.05) is 44.7 Å². The fraction of sp³-hybridized carbons (Fsp3) is 0.727. The molecule has 0 bridgehead atoms. The average molecular weight is 225 g/mol. The van der Waals surface area contributed by atoms with E-state index in [-0.39, 0.29) is 6.61 Å². The summed E-state index contributed by atoms with van der Waals surface area (Å²) >= 11 is 0. The zero-order valence-corrected chi connectivity index (χ0v) is 9.72. The van der Waals surface area contributed by atoms with E-state index in [1.807, 2.05) is 0 Å². The highest BCUT2D eigenvalue weighted by molar-refractivity contribution is 5.12. The van der Waals surface area contributed by atoms with Gasteiger partial charge in [-0.05, 0) is 7.05 Å². The molecule has 0 radical (unpaired) electrons. The number of aliphatic hydroxyl groups is 1. The topological polar surface area (TPSA) is 52.7 Å². The van der Waals surface area contributed by atoms with Crippen LogP contribution in [0.15, 0.2) is 10.7 Å². The largest absolute Gasteiger partial charge is 0.391 e. The van der Waals surface area contributed by atoms with Crippen molar-refractivity contribution in [1.82, 2.24) is 15.0 Å². The van der Waals surface area contributed by atoms with Crippen LogP contribution < -0.4 is 0 Å². The zero-order valence-electron chi connectivity index (χ0n) is 9.72. The van der Waals surface area contributed by atoms with Crippen molar-refractivity contribution in [2.24, 2.45) is 0 Å². The van der Waals surface area contributed by atoms with Crippen molar-refractivity contribution in [2.75, 3.05) is 39.8 Å². The second-order valence-electron chi connectivity index (χ2n) is 4.33. The first-order valence-electron chi connectivity index (χ1n) is 5.74. The lowest BCUT2D eigenvalue weighted by Crippen LogP contribution is -2.45. The van der Waals surface area contributed by atoms with Gasteiger partial charge >= 0.3 is 0 Å². The molecule has 0 saturated carbocycles. The number of hydrogen-bond donors (Lipinski definition) is 1. The molecule has 16 heavy (non-hydrogen) atoms. The summed E-state index contributed by atoms with van der Waals surface area (Å²) in [7, 11) is 2.15. The Morgan fingerprint density at radius 2 is 2.12 bits per heavy atom. The van der Waals surface area contributed by atoms with Crippen molar-refractivity contribution in [3.05, 3.63) is 17.5 Å². The van der Waals surface area contributed by atoms with E-state index >= 15 is 0 Å². The van der Waals surface area contributed by atoms with E-state index in [2.05, 4.69) is 22.0 Å². The third kappa shape index (κ3) is 2.81. The number of aromatic nitrogens is 1. The van der Waals surface area contributed by atoms with E-state index < -0.39 is 0 Å². The minimum atomic E-state index is 0.0154. The lowest BCUT2D eigenvalue weighted by atomic mass is 10.2. The second kappa shape index (κ2) is 5.43. The molecule has 5 heteroatoms. The molecule has 0 atom stereocenters. The first kappa shape index (κ1) is 11.6. The Bertz CT molecular complexity index is 319. The highest BCUT2D eigenvalue weighted by Crippen LogP contribution is 2.10. The monoisotopic (exact) mass is 225 g/mol. The molecule has 1 N–H and O–H groups in total. The van der Waals surface area contributed by atoms with Gasteiger partial charge in [0.1, 0.15) is 5.76 Å². The van der Waals surface area contributed by atoms with Crippen LogP contribution in [0.4, 0.5) is 0 Å². The Labute approximate surface area is 95.6 Å². The highest BCUT2D eigenvalue weighted by atomic mass is 16.5. The molecule has 1 fully saturated rings. The first-order chi connectivity index (χ1) is 7.79. The third-order valence-corrected chi connectivity index (χ3v) is 3.15. The van der Waals surface area contributed by atoms with Gasteiger partial charge in [0.15, 0.2) is 0 Å². The van der Waals surface area contributed by atoms with Crippen LogP contribution in [0.5, 0.6) is 0 Å². The molecule has 0 unspecified atom stereocenters. The van der Waals surface area contributed by atoms with Crippen molar-refractivity contribution < 1.29 is 9.63 Å². The predicted molar refractivity (Wildman–Crippen MR) is 60.1 cm³/mol. The minimum Gasteiger partial charge on any atom is -0.391 e. The number of aliphatic hydroxyl groups excluding tert-OH is 1. The van der Waals surface area contributed by atoms with Gasteiger partial charge < -0.3 is 19.4 Å². The van der Waals surface area contributed by atoms with Gasteiger partial charge in [-0.25, -0.2) is 0 Å². The van der Waals surface area contributed by atoms with Crippen LogP contribution in [-0.2, 0) is 13.0 Å². The molecule has 0 aliphatic carbocycles. The summed E-state index contributed by atoms with van der Waals surface area (Å²) in [5, 5.41) is 12.8. The maximum absolute atomic E-state index is 9.06. The molecular weight excluding hydrogens is 206 g/mol. The summed E-state index contributed by atoms with van der Waals surface area (Å²) in [4.78, 5) is 4.76. The fourth-order valence-electron chi connectivity index (χ4n) is 1.95. The highest BCUT2D eigenvalue weighted by Gasteiger charge is 2.15. The maximum Gasteiger partial charge on any atom is 0.143 e. The van der Waals surface area contributed by atoms with Crippen LogP contribution in [-0.4, -0.2) is 59.8 Å². The Balaban J connectivity index is 1.79. The summed E-state index contributed by atoms with van der Waals surface area (Å²) in [6.45, 7) is 5.47. The van der Waals surface area contributed by atoms with Crippen molar-refractivity contribution in [1.29, 1.82) is 0 Å². The van der Waals surface area contributed by atoms with Crippen LogP contribution >= 0.6 is 0 Å². The van der Waals surface area contributed by atoms with Crippen molar-refractivity contribution in [2.45, 2.75) is 13.0 Å². The smallest absolute Gasteiger partial charge is 0.143 e. The Morgan fingerprint density at radius 1 is 1.38 bits per heavy atom. The van der Waals surface area contributed by atoms with E-state index in [0.29, 0.717) is 0 Å². The Hall–Kier alpha value is -0.910. The van der Waals surface area contributed by atoms with Gasteiger partial charge in [-0.1, -0.05) is 5.16 Å². The average Bonchev–Trinajstić information content (AvgIpc) is 2.76. The van der Waals surface area contributed by atoms with E-state index in [1.165, 1.54) is 0 Å². The molecule has 2 rings (SSSR count). The molecule has 1 saturated heterocycles. The fourth-order valence-corrected chi connectivity index (χ4v) is 1.95. The van der Waals surface area contributed by atoms with E-state index in [1.54, 1.807) is 6.20 Å². The Morgan fingerprint density at radius 3 is 2.81 bits per heavy atom. The maximum atomic E-state index is 9.06. The van der Waals surface area contributed by atoms with Crippen LogP contribution in [0.3, 0.4) is 0 Å². The van der Waals surface area contributed by atoms with Gasteiger partial charge in [-0.2, -0.15) is 0 Å². The van der Waals surface area contributed by atoms with Crippen LogP contribution in [0.2, 0.25) is 0 Å². The molecule has 0 spiro atoms. The predicted octanol–water partition coefficient (Wildman–Crippen LogP) is -0.0432. The molecule has 1 aromatic rings. The number of likely N-dealkylation sites (N-methyl/N-ethyl adjacent to an activating group) is 1. The van der Waals surface area contributed by atoms with E-state index in [9.17, 15) is 0 Å². The van der Waals surface area contributed by atoms with E-state index in [4.69, 9.17) is 9.63 Å². The number of rotatable bonds is 4. The molecular formula is C11H19N3O2. The van der Waals surface area contributed by atoms with Gasteiger partial charge in [-0.3, -0.25) is 0 Å². The number of nitrogens with zero attached hydrogens (tertiary/aromatic N) is 3. The summed E-state index contributed by atoms with van der Waals surface area (Å²) in [5.74, 6) is 0.821. The lowest BCUT2D eigenvalue weighted by Gasteiger charge is -2.32. The lowest BCUT2D eigenvalue weighted by molar-refractivity contribution is 0.152. The molecule has 5 nitrogen and oxygen atoms in total. The molecule has 1 aliphatic heterocycles. The van der Waals surface area contributed by atoms with Crippen molar-refractivity contribution in [3.8, 4) is 0 Å². The first-order valence-corrected chi connectivity index (χ1v) is 5.74. The second-order valence-corrected chi connectivity index (χ2v) is 4.33. The van der Waals surface area contributed by atoms with Crippen molar-refractivity contribution >= 4 is 0 Å². The molecule has 1 aromatic heterocycles. The molecule has 1 aliphatic rings. The standard InChI is InChI=1S/C11H19N3O2/c1-13-4-6-14(7-5-13)3-2-11-10(9-15)8-12-16-11/h8,15H,2-7,9H2,1H3. The van der Waals surface area contributed by atoms with E-state index in [0.717, 1.165) is 50.5 Å². The summed E-state index contributed by atoms with van der Waals surface area (Å²) in [5.41, 5.74) is 0.814. The minimum absolute atomic E-state index is 0.0154. The van der Waals surface area contributed by atoms with Crippen LogP contribution in [0.1, 0.15) is 11.3 Å². The quantitative estimate of drug-likeness (QED) is 0.779.